The highest BCUT2D eigenvalue weighted by Gasteiger charge is 2.25. The topological polar surface area (TPSA) is 49.9 Å². The lowest BCUT2D eigenvalue weighted by Crippen LogP contribution is -2.39. The van der Waals surface area contributed by atoms with Gasteiger partial charge in [-0.05, 0) is 54.4 Å². The zero-order valence-corrected chi connectivity index (χ0v) is 19.8. The second-order valence-corrected chi connectivity index (χ2v) is 7.72. The van der Waals surface area contributed by atoms with Gasteiger partial charge in [0.05, 0.1) is 0 Å². The van der Waals surface area contributed by atoms with Gasteiger partial charge >= 0.3 is 5.97 Å². The molecule has 0 spiro atoms. The van der Waals surface area contributed by atoms with Gasteiger partial charge in [-0.3, -0.25) is 14.5 Å². The first-order chi connectivity index (χ1) is 12.8. The molecule has 5 heteroatoms. The van der Waals surface area contributed by atoms with Crippen LogP contribution in [-0.4, -0.2) is 41.4 Å². The number of hydrogen-bond donors (Lipinski definition) is 0. The molecule has 1 aliphatic rings. The highest BCUT2D eigenvalue weighted by atomic mass is 16.6. The third-order valence-corrected chi connectivity index (χ3v) is 4.07. The minimum absolute atomic E-state index is 0.0376. The van der Waals surface area contributed by atoms with Gasteiger partial charge < -0.3 is 9.64 Å². The van der Waals surface area contributed by atoms with Crippen molar-refractivity contribution in [1.29, 1.82) is 0 Å². The normalized spacial score (nSPS) is 14.5. The summed E-state index contributed by atoms with van der Waals surface area (Å²) in [6, 6.07) is 0. The van der Waals surface area contributed by atoms with Gasteiger partial charge in [-0.1, -0.05) is 39.0 Å². The van der Waals surface area contributed by atoms with Crippen molar-refractivity contribution in [3.63, 3.8) is 0 Å². The SMILES string of the molecule is C/C=C\CC.C=C1N(C)C(=O)C(C)=C(C)N1C.CCCCC(=O)OC(C)(C)C. The number of ether oxygens (including phenoxy) is 1. The predicted octanol–water partition coefficient (Wildman–Crippen LogP) is 5.65. The van der Waals surface area contributed by atoms with Crippen LogP contribution in [-0.2, 0) is 14.3 Å². The average Bonchev–Trinajstić information content (AvgIpc) is 2.62. The summed E-state index contributed by atoms with van der Waals surface area (Å²) in [4.78, 5) is 25.9. The molecular formula is C23H42N2O3. The molecule has 5 nitrogen and oxygen atoms in total. The van der Waals surface area contributed by atoms with E-state index >= 15 is 0 Å². The molecule has 0 aromatic carbocycles. The number of carbonyl (C=O) groups excluding carboxylic acids is 2. The largest absolute Gasteiger partial charge is 0.460 e. The van der Waals surface area contributed by atoms with Gasteiger partial charge in [0.25, 0.3) is 5.91 Å². The number of allylic oxidation sites excluding steroid dienone is 3. The van der Waals surface area contributed by atoms with Crippen LogP contribution in [0.1, 0.15) is 81.1 Å². The zero-order chi connectivity index (χ0) is 22.5. The monoisotopic (exact) mass is 394 g/mol. The molecule has 162 valence electrons. The second-order valence-electron chi connectivity index (χ2n) is 7.72. The van der Waals surface area contributed by atoms with Gasteiger partial charge in [0.2, 0.25) is 0 Å². The Balaban J connectivity index is 0. The first kappa shape index (κ1) is 28.2. The summed E-state index contributed by atoms with van der Waals surface area (Å²) in [6.07, 6.45) is 7.86. The van der Waals surface area contributed by atoms with E-state index in [1.807, 2.05) is 53.5 Å². The van der Waals surface area contributed by atoms with E-state index in [2.05, 4.69) is 32.6 Å². The fourth-order valence-electron chi connectivity index (χ4n) is 2.14. The van der Waals surface area contributed by atoms with E-state index in [0.717, 1.165) is 36.4 Å². The third-order valence-electron chi connectivity index (χ3n) is 4.07. The number of likely N-dealkylation sites (N-methyl/N-ethyl adjacent to an activating group) is 1. The molecule has 1 aliphatic heterocycles. The Kier molecular flexibility index (Phi) is 14.1. The summed E-state index contributed by atoms with van der Waals surface area (Å²) in [5.74, 6) is 0.679. The van der Waals surface area contributed by atoms with Crippen LogP contribution in [0.4, 0.5) is 0 Å². The number of amides is 1. The van der Waals surface area contributed by atoms with Crippen LogP contribution in [0.3, 0.4) is 0 Å². The van der Waals surface area contributed by atoms with E-state index < -0.39 is 0 Å². The first-order valence-electron chi connectivity index (χ1n) is 10.0. The van der Waals surface area contributed by atoms with E-state index in [4.69, 9.17) is 4.74 Å². The summed E-state index contributed by atoms with van der Waals surface area (Å²) < 4.78 is 5.10. The Morgan fingerprint density at radius 2 is 1.68 bits per heavy atom. The van der Waals surface area contributed by atoms with Crippen molar-refractivity contribution < 1.29 is 14.3 Å². The number of carbonyl (C=O) groups is 2. The van der Waals surface area contributed by atoms with Gasteiger partial charge in [0.1, 0.15) is 11.4 Å². The molecule has 1 heterocycles. The Morgan fingerprint density at radius 3 is 2.04 bits per heavy atom. The Labute approximate surface area is 173 Å². The van der Waals surface area contributed by atoms with Crippen molar-refractivity contribution in [1.82, 2.24) is 9.80 Å². The molecule has 0 unspecified atom stereocenters. The van der Waals surface area contributed by atoms with Crippen LogP contribution < -0.4 is 0 Å². The molecule has 0 radical (unpaired) electrons. The summed E-state index contributed by atoms with van der Waals surface area (Å²) in [7, 11) is 3.64. The first-order valence-corrected chi connectivity index (χ1v) is 10.0. The number of rotatable bonds is 4. The van der Waals surface area contributed by atoms with Crippen molar-refractivity contribution in [3.05, 3.63) is 35.8 Å². The van der Waals surface area contributed by atoms with Crippen molar-refractivity contribution in [2.45, 2.75) is 86.7 Å². The molecular weight excluding hydrogens is 352 g/mol. The van der Waals surface area contributed by atoms with Crippen LogP contribution in [0.15, 0.2) is 35.8 Å². The number of hydrogen-bond acceptors (Lipinski definition) is 4. The number of esters is 1. The minimum Gasteiger partial charge on any atom is -0.460 e. The molecule has 1 amide bonds. The van der Waals surface area contributed by atoms with Crippen LogP contribution in [0.2, 0.25) is 0 Å². The van der Waals surface area contributed by atoms with Gasteiger partial charge in [-0.15, -0.1) is 0 Å². The summed E-state index contributed by atoms with van der Waals surface area (Å²) in [6.45, 7) is 19.4. The molecule has 0 aromatic heterocycles. The molecule has 0 saturated carbocycles. The van der Waals surface area contributed by atoms with Crippen molar-refractivity contribution in [2.24, 2.45) is 0 Å². The fourth-order valence-corrected chi connectivity index (χ4v) is 2.14. The standard InChI is InChI=1S/C9H14N2O.C9H18O2.C5H10/c1-6-7(2)10(4)8(3)11(5)9(6)12;1-5-6-7-8(10)11-9(2,3)4;1-3-5-4-2/h3H2,1-2,4-5H3;5-7H2,1-4H3;3,5H,4H2,1-2H3/b;;5-3-. The van der Waals surface area contributed by atoms with Crippen LogP contribution in [0.25, 0.3) is 0 Å². The maximum atomic E-state index is 11.5. The van der Waals surface area contributed by atoms with Crippen molar-refractivity contribution in [3.8, 4) is 0 Å². The minimum atomic E-state index is -0.329. The summed E-state index contributed by atoms with van der Waals surface area (Å²) in [5, 5.41) is 0. The lowest BCUT2D eigenvalue weighted by molar-refractivity contribution is -0.154. The average molecular weight is 395 g/mol. The second kappa shape index (κ2) is 14.0. The van der Waals surface area contributed by atoms with Gasteiger partial charge in [-0.2, -0.15) is 0 Å². The molecule has 0 N–H and O–H groups in total. The molecule has 0 atom stereocenters. The van der Waals surface area contributed by atoms with Crippen LogP contribution in [0, 0.1) is 0 Å². The lowest BCUT2D eigenvalue weighted by Gasteiger charge is -2.35. The molecule has 0 saturated heterocycles. The Hall–Kier alpha value is -2.04. The summed E-state index contributed by atoms with van der Waals surface area (Å²) in [5.41, 5.74) is 1.43. The van der Waals surface area contributed by atoms with Crippen molar-refractivity contribution >= 4 is 11.9 Å². The van der Waals surface area contributed by atoms with E-state index in [1.165, 1.54) is 0 Å². The maximum Gasteiger partial charge on any atom is 0.306 e. The summed E-state index contributed by atoms with van der Waals surface area (Å²) >= 11 is 0. The van der Waals surface area contributed by atoms with Gasteiger partial charge in [-0.25, -0.2) is 0 Å². The molecule has 0 aromatic rings. The van der Waals surface area contributed by atoms with E-state index in [1.54, 1.807) is 11.9 Å². The molecule has 0 aliphatic carbocycles. The quantitative estimate of drug-likeness (QED) is 0.457. The molecule has 1 rings (SSSR count). The number of nitrogens with zero attached hydrogens (tertiary/aromatic N) is 2. The highest BCUT2D eigenvalue weighted by Crippen LogP contribution is 2.22. The maximum absolute atomic E-state index is 11.5. The Bertz CT molecular complexity index is 569. The van der Waals surface area contributed by atoms with E-state index in [9.17, 15) is 9.59 Å². The molecule has 0 fully saturated rings. The predicted molar refractivity (Wildman–Crippen MR) is 119 cm³/mol. The Morgan fingerprint density at radius 1 is 1.14 bits per heavy atom. The van der Waals surface area contributed by atoms with Gasteiger partial charge in [0.15, 0.2) is 0 Å². The zero-order valence-electron chi connectivity index (χ0n) is 19.8. The third kappa shape index (κ3) is 11.6. The lowest BCUT2D eigenvalue weighted by atomic mass is 10.1. The smallest absolute Gasteiger partial charge is 0.306 e. The van der Waals surface area contributed by atoms with E-state index in [-0.39, 0.29) is 17.5 Å². The molecule has 0 bridgehead atoms. The van der Waals surface area contributed by atoms with E-state index in [0.29, 0.717) is 6.42 Å². The molecule has 28 heavy (non-hydrogen) atoms. The van der Waals surface area contributed by atoms with Crippen LogP contribution in [0.5, 0.6) is 0 Å². The fraction of sp³-hybridized carbons (Fsp3) is 0.652. The van der Waals surface area contributed by atoms with Crippen molar-refractivity contribution in [2.75, 3.05) is 14.1 Å². The highest BCUT2D eigenvalue weighted by molar-refractivity contribution is 5.95. The number of unbranched alkanes of at least 4 members (excludes halogenated alkanes) is 1. The van der Waals surface area contributed by atoms with Crippen LogP contribution >= 0.6 is 0 Å². The van der Waals surface area contributed by atoms with Gasteiger partial charge in [0, 0.05) is 31.8 Å².